The van der Waals surface area contributed by atoms with Crippen LogP contribution < -0.4 is 4.90 Å². The van der Waals surface area contributed by atoms with Gasteiger partial charge in [0.15, 0.2) is 0 Å². The molecule has 2 rings (SSSR count). The number of aromatic carboxylic acids is 1. The van der Waals surface area contributed by atoms with Crippen molar-refractivity contribution >= 4 is 11.8 Å². The van der Waals surface area contributed by atoms with Crippen molar-refractivity contribution in [1.29, 1.82) is 0 Å². The van der Waals surface area contributed by atoms with Crippen LogP contribution in [0.1, 0.15) is 16.9 Å². The van der Waals surface area contributed by atoms with Crippen molar-refractivity contribution in [2.45, 2.75) is 6.42 Å². The van der Waals surface area contributed by atoms with Crippen LogP contribution in [-0.2, 0) is 0 Å². The summed E-state index contributed by atoms with van der Waals surface area (Å²) >= 11 is 0. The van der Waals surface area contributed by atoms with Gasteiger partial charge in [-0.3, -0.25) is 0 Å². The van der Waals surface area contributed by atoms with Gasteiger partial charge in [-0.1, -0.05) is 0 Å². The molecule has 1 aliphatic heterocycles. The lowest BCUT2D eigenvalue weighted by molar-refractivity contribution is 0.0685. The van der Waals surface area contributed by atoms with Gasteiger partial charge in [0.1, 0.15) is 0 Å². The van der Waals surface area contributed by atoms with E-state index in [1.807, 2.05) is 4.90 Å². The normalized spacial score (nSPS) is 15.8. The summed E-state index contributed by atoms with van der Waals surface area (Å²) in [7, 11) is 0. The maximum atomic E-state index is 10.5. The molecule has 1 aromatic heterocycles. The van der Waals surface area contributed by atoms with Gasteiger partial charge in [-0.2, -0.15) is 0 Å². The van der Waals surface area contributed by atoms with E-state index in [2.05, 4.69) is 14.9 Å². The number of hydrogen-bond acceptors (Lipinski definition) is 5. The first-order valence-corrected chi connectivity index (χ1v) is 3.60. The molecule has 6 heteroatoms. The third-order valence-electron chi connectivity index (χ3n) is 1.83. The van der Waals surface area contributed by atoms with Gasteiger partial charge >= 0.3 is 5.97 Å². The van der Waals surface area contributed by atoms with E-state index in [0.29, 0.717) is 5.82 Å². The monoisotopic (exact) mass is 169 g/mol. The molecule has 1 aromatic rings. The van der Waals surface area contributed by atoms with Gasteiger partial charge in [0.05, 0.1) is 0 Å². The van der Waals surface area contributed by atoms with Crippen molar-refractivity contribution in [2.24, 2.45) is 0 Å². The lowest BCUT2D eigenvalue weighted by atomic mass is 10.2. The second kappa shape index (κ2) is 2.47. The Bertz CT molecular complexity index is 305. The second-order valence-electron chi connectivity index (χ2n) is 2.58. The van der Waals surface area contributed by atoms with Crippen LogP contribution in [-0.4, -0.2) is 34.5 Å². The van der Waals surface area contributed by atoms with Crippen LogP contribution in [0.2, 0.25) is 0 Å². The maximum Gasteiger partial charge on any atom is 0.362 e. The van der Waals surface area contributed by atoms with Crippen molar-refractivity contribution in [3.05, 3.63) is 5.69 Å². The zero-order chi connectivity index (χ0) is 8.55. The average Bonchev–Trinajstić information content (AvgIpc) is 2.31. The van der Waals surface area contributed by atoms with E-state index in [1.165, 1.54) is 0 Å². The van der Waals surface area contributed by atoms with Crippen molar-refractivity contribution < 1.29 is 14.5 Å². The predicted molar refractivity (Wildman–Crippen MR) is 38.1 cm³/mol. The van der Waals surface area contributed by atoms with Crippen LogP contribution in [0.4, 0.5) is 5.82 Å². The fourth-order valence-electron chi connectivity index (χ4n) is 1.05. The van der Waals surface area contributed by atoms with Gasteiger partial charge in [-0.25, -0.2) is 9.42 Å². The van der Waals surface area contributed by atoms with Crippen LogP contribution in [0.15, 0.2) is 4.63 Å². The fourth-order valence-corrected chi connectivity index (χ4v) is 1.05. The molecule has 1 fully saturated rings. The Morgan fingerprint density at radius 1 is 1.50 bits per heavy atom. The zero-order valence-corrected chi connectivity index (χ0v) is 6.23. The topological polar surface area (TPSA) is 79.5 Å². The Hall–Kier alpha value is -1.59. The van der Waals surface area contributed by atoms with E-state index in [0.717, 1.165) is 19.5 Å². The average molecular weight is 169 g/mol. The molecule has 0 unspecified atom stereocenters. The Morgan fingerprint density at radius 3 is 2.75 bits per heavy atom. The zero-order valence-electron chi connectivity index (χ0n) is 6.23. The first-order valence-electron chi connectivity index (χ1n) is 3.60. The largest absolute Gasteiger partial charge is 0.476 e. The van der Waals surface area contributed by atoms with E-state index in [-0.39, 0.29) is 5.69 Å². The molecule has 0 saturated carbocycles. The molecule has 1 aliphatic rings. The number of carbonyl (C=O) groups is 1. The molecule has 0 aliphatic carbocycles. The molecule has 64 valence electrons. The van der Waals surface area contributed by atoms with E-state index in [9.17, 15) is 4.79 Å². The van der Waals surface area contributed by atoms with Gasteiger partial charge in [0.2, 0.25) is 11.5 Å². The van der Waals surface area contributed by atoms with E-state index in [4.69, 9.17) is 5.11 Å². The quantitative estimate of drug-likeness (QED) is 0.670. The molecular formula is C6H7N3O3. The Balaban J connectivity index is 2.29. The molecule has 0 bridgehead atoms. The standard InChI is InChI=1S/C6H7N3O3/c10-6(11)4-5(8-12-7-4)9-2-1-3-9/h1-3H2,(H,10,11). The van der Waals surface area contributed by atoms with Crippen molar-refractivity contribution in [1.82, 2.24) is 10.3 Å². The number of nitrogens with zero attached hydrogens (tertiary/aromatic N) is 3. The lowest BCUT2D eigenvalue weighted by Gasteiger charge is -2.29. The highest BCUT2D eigenvalue weighted by Gasteiger charge is 2.26. The third kappa shape index (κ3) is 0.919. The molecule has 2 heterocycles. The summed E-state index contributed by atoms with van der Waals surface area (Å²) in [4.78, 5) is 12.4. The highest BCUT2D eigenvalue weighted by molar-refractivity contribution is 5.90. The first-order chi connectivity index (χ1) is 5.79. The molecule has 0 atom stereocenters. The molecule has 0 aromatic carbocycles. The van der Waals surface area contributed by atoms with Crippen molar-refractivity contribution in [2.75, 3.05) is 18.0 Å². The molecule has 1 N–H and O–H groups in total. The number of aromatic nitrogens is 2. The summed E-state index contributed by atoms with van der Waals surface area (Å²) in [5.74, 6) is -0.757. The Labute approximate surface area is 67.7 Å². The van der Waals surface area contributed by atoms with Crippen LogP contribution >= 0.6 is 0 Å². The molecule has 0 radical (unpaired) electrons. The Kier molecular flexibility index (Phi) is 1.46. The van der Waals surface area contributed by atoms with Crippen molar-refractivity contribution in [3.63, 3.8) is 0 Å². The number of rotatable bonds is 2. The lowest BCUT2D eigenvalue weighted by Crippen LogP contribution is -2.38. The molecule has 0 amide bonds. The predicted octanol–water partition coefficient (Wildman–Crippen LogP) is -0.0221. The first kappa shape index (κ1) is 7.08. The minimum Gasteiger partial charge on any atom is -0.476 e. The summed E-state index contributed by atoms with van der Waals surface area (Å²) in [6, 6.07) is 0. The fraction of sp³-hybridized carbons (Fsp3) is 0.500. The van der Waals surface area contributed by atoms with Gasteiger partial charge in [0, 0.05) is 13.1 Å². The van der Waals surface area contributed by atoms with Crippen LogP contribution in [0.5, 0.6) is 0 Å². The maximum absolute atomic E-state index is 10.5. The SMILES string of the molecule is O=C(O)c1nonc1N1CCC1. The minimum absolute atomic E-state index is 0.102. The summed E-state index contributed by atoms with van der Waals surface area (Å²) in [5.41, 5.74) is -0.102. The van der Waals surface area contributed by atoms with Gasteiger partial charge in [-0.15, -0.1) is 0 Å². The minimum atomic E-state index is -1.10. The van der Waals surface area contributed by atoms with Crippen LogP contribution in [0, 0.1) is 0 Å². The summed E-state index contributed by atoms with van der Waals surface area (Å²) < 4.78 is 4.34. The van der Waals surface area contributed by atoms with Gasteiger partial charge < -0.3 is 10.0 Å². The van der Waals surface area contributed by atoms with E-state index in [1.54, 1.807) is 0 Å². The summed E-state index contributed by atoms with van der Waals surface area (Å²) in [6.45, 7) is 1.66. The highest BCUT2D eigenvalue weighted by atomic mass is 16.6. The van der Waals surface area contributed by atoms with Gasteiger partial charge in [-0.05, 0) is 16.7 Å². The third-order valence-corrected chi connectivity index (χ3v) is 1.83. The molecule has 12 heavy (non-hydrogen) atoms. The Morgan fingerprint density at radius 2 is 2.25 bits per heavy atom. The number of carboxylic acid groups (broad SMARTS) is 1. The second-order valence-corrected chi connectivity index (χ2v) is 2.58. The summed E-state index contributed by atoms with van der Waals surface area (Å²) in [6.07, 6.45) is 1.06. The van der Waals surface area contributed by atoms with Crippen molar-refractivity contribution in [3.8, 4) is 0 Å². The summed E-state index contributed by atoms with van der Waals surface area (Å²) in [5, 5.41) is 15.4. The van der Waals surface area contributed by atoms with E-state index < -0.39 is 5.97 Å². The number of anilines is 1. The van der Waals surface area contributed by atoms with Crippen LogP contribution in [0.3, 0.4) is 0 Å². The molecule has 1 saturated heterocycles. The molecule has 0 spiro atoms. The van der Waals surface area contributed by atoms with E-state index >= 15 is 0 Å². The molecule has 6 nitrogen and oxygen atoms in total. The number of hydrogen-bond donors (Lipinski definition) is 1. The van der Waals surface area contributed by atoms with Gasteiger partial charge in [0.25, 0.3) is 0 Å². The molecular weight excluding hydrogens is 162 g/mol. The highest BCUT2D eigenvalue weighted by Crippen LogP contribution is 2.20. The number of carboxylic acids is 1. The smallest absolute Gasteiger partial charge is 0.362 e. The van der Waals surface area contributed by atoms with Crippen LogP contribution in [0.25, 0.3) is 0 Å².